The predicted molar refractivity (Wildman–Crippen MR) is 137 cm³/mol. The van der Waals surface area contributed by atoms with Crippen molar-refractivity contribution < 1.29 is 9.47 Å². The number of nitrogens with zero attached hydrogens (tertiary/aromatic N) is 3. The Kier molecular flexibility index (Phi) is 7.88. The lowest BCUT2D eigenvalue weighted by Gasteiger charge is -2.38. The molecule has 0 spiro atoms. The molecule has 2 N–H and O–H groups in total. The van der Waals surface area contributed by atoms with E-state index in [-0.39, 0.29) is 5.41 Å². The van der Waals surface area contributed by atoms with Gasteiger partial charge >= 0.3 is 0 Å². The Labute approximate surface area is 206 Å². The van der Waals surface area contributed by atoms with E-state index >= 15 is 0 Å². The standard InChI is InChI=1S/C24H32ClN5O2S/c1-17-5-4-10-30(15-17)20-14-21(31-2)28-22(27-20)29-23(33)26-16-24(8-11-32-12-9-24)18-6-3-7-19(25)13-18/h3,6-7,13-14,17H,4-5,8-12,15-16H2,1-2H3,(H2,26,27,28,29,33)/t17-/m0/s1. The Morgan fingerprint density at radius 3 is 2.85 bits per heavy atom. The summed E-state index contributed by atoms with van der Waals surface area (Å²) in [5, 5.41) is 7.77. The van der Waals surface area contributed by atoms with Crippen molar-refractivity contribution in [2.45, 2.75) is 38.0 Å². The molecule has 2 aliphatic rings. The van der Waals surface area contributed by atoms with Gasteiger partial charge in [0.05, 0.1) is 7.11 Å². The molecule has 2 aliphatic heterocycles. The molecule has 178 valence electrons. The topological polar surface area (TPSA) is 71.5 Å². The van der Waals surface area contributed by atoms with Crippen LogP contribution in [0.25, 0.3) is 0 Å². The first-order chi connectivity index (χ1) is 16.0. The quantitative estimate of drug-likeness (QED) is 0.578. The Balaban J connectivity index is 1.46. The van der Waals surface area contributed by atoms with Crippen LogP contribution in [0.15, 0.2) is 30.3 Å². The normalized spacial score (nSPS) is 20.2. The zero-order chi connectivity index (χ0) is 23.3. The number of hydrogen-bond donors (Lipinski definition) is 2. The van der Waals surface area contributed by atoms with Gasteiger partial charge in [0, 0.05) is 49.4 Å². The fraction of sp³-hybridized carbons (Fsp3) is 0.542. The summed E-state index contributed by atoms with van der Waals surface area (Å²) in [6, 6.07) is 9.96. The van der Waals surface area contributed by atoms with Crippen molar-refractivity contribution in [3.8, 4) is 5.88 Å². The molecular weight excluding hydrogens is 458 g/mol. The van der Waals surface area contributed by atoms with Gasteiger partial charge in [-0.2, -0.15) is 9.97 Å². The first-order valence-corrected chi connectivity index (χ1v) is 12.3. The van der Waals surface area contributed by atoms with Crippen LogP contribution < -0.4 is 20.3 Å². The van der Waals surface area contributed by atoms with Crippen LogP contribution in [0.3, 0.4) is 0 Å². The van der Waals surface area contributed by atoms with Gasteiger partial charge < -0.3 is 25.0 Å². The van der Waals surface area contributed by atoms with E-state index in [1.807, 2.05) is 24.3 Å². The second kappa shape index (κ2) is 10.8. The molecule has 0 bridgehead atoms. The van der Waals surface area contributed by atoms with Crippen LogP contribution in [0, 0.1) is 5.92 Å². The minimum Gasteiger partial charge on any atom is -0.481 e. The molecule has 1 aromatic heterocycles. The third-order valence-corrected chi connectivity index (χ3v) is 7.06. The summed E-state index contributed by atoms with van der Waals surface area (Å²) in [4.78, 5) is 11.5. The summed E-state index contributed by atoms with van der Waals surface area (Å²) in [6.07, 6.45) is 4.20. The number of ether oxygens (including phenoxy) is 2. The van der Waals surface area contributed by atoms with Gasteiger partial charge in [-0.05, 0) is 61.5 Å². The molecule has 1 aromatic carbocycles. The Bertz CT molecular complexity index is 970. The van der Waals surface area contributed by atoms with E-state index in [0.29, 0.717) is 42.6 Å². The van der Waals surface area contributed by atoms with E-state index in [0.717, 1.165) is 43.2 Å². The zero-order valence-electron chi connectivity index (χ0n) is 19.3. The molecule has 0 aliphatic carbocycles. The molecule has 2 saturated heterocycles. The number of hydrogen-bond acceptors (Lipinski definition) is 6. The van der Waals surface area contributed by atoms with Gasteiger partial charge in [-0.15, -0.1) is 0 Å². The molecule has 33 heavy (non-hydrogen) atoms. The fourth-order valence-electron chi connectivity index (χ4n) is 4.68. The molecule has 0 unspecified atom stereocenters. The first kappa shape index (κ1) is 24.0. The van der Waals surface area contributed by atoms with Gasteiger partial charge in [-0.3, -0.25) is 0 Å². The third kappa shape index (κ3) is 6.05. The number of anilines is 2. The van der Waals surface area contributed by atoms with Crippen molar-refractivity contribution in [3.63, 3.8) is 0 Å². The van der Waals surface area contributed by atoms with Crippen LogP contribution >= 0.6 is 23.8 Å². The van der Waals surface area contributed by atoms with Gasteiger partial charge in [0.15, 0.2) is 5.11 Å². The van der Waals surface area contributed by atoms with E-state index in [1.54, 1.807) is 7.11 Å². The molecule has 4 rings (SSSR count). The first-order valence-electron chi connectivity index (χ1n) is 11.5. The van der Waals surface area contributed by atoms with Crippen LogP contribution in [0.2, 0.25) is 5.02 Å². The van der Waals surface area contributed by atoms with E-state index in [9.17, 15) is 0 Å². The second-order valence-electron chi connectivity index (χ2n) is 9.00. The average molecular weight is 490 g/mol. The molecule has 0 radical (unpaired) electrons. The second-order valence-corrected chi connectivity index (χ2v) is 9.84. The van der Waals surface area contributed by atoms with Crippen molar-refractivity contribution in [2.75, 3.05) is 50.2 Å². The van der Waals surface area contributed by atoms with Crippen molar-refractivity contribution in [3.05, 3.63) is 40.9 Å². The molecular formula is C24H32ClN5O2S. The number of benzene rings is 1. The molecule has 2 fully saturated rings. The number of aromatic nitrogens is 2. The summed E-state index contributed by atoms with van der Waals surface area (Å²) >= 11 is 11.9. The van der Waals surface area contributed by atoms with Crippen molar-refractivity contribution in [2.24, 2.45) is 5.92 Å². The van der Waals surface area contributed by atoms with Gasteiger partial charge in [-0.25, -0.2) is 0 Å². The molecule has 3 heterocycles. The maximum Gasteiger partial charge on any atom is 0.234 e. The summed E-state index contributed by atoms with van der Waals surface area (Å²) in [5.74, 6) is 2.45. The third-order valence-electron chi connectivity index (χ3n) is 6.58. The van der Waals surface area contributed by atoms with E-state index < -0.39 is 0 Å². The highest BCUT2D eigenvalue weighted by Gasteiger charge is 2.34. The highest BCUT2D eigenvalue weighted by atomic mass is 35.5. The lowest BCUT2D eigenvalue weighted by atomic mass is 9.74. The van der Waals surface area contributed by atoms with Crippen LogP contribution in [0.5, 0.6) is 5.88 Å². The van der Waals surface area contributed by atoms with Gasteiger partial charge in [0.1, 0.15) is 5.82 Å². The number of nitrogens with one attached hydrogen (secondary N) is 2. The number of methoxy groups -OCH3 is 1. The van der Waals surface area contributed by atoms with Gasteiger partial charge in [-0.1, -0.05) is 30.7 Å². The highest BCUT2D eigenvalue weighted by Crippen LogP contribution is 2.35. The minimum atomic E-state index is -0.0980. The molecule has 1 atom stereocenters. The summed E-state index contributed by atoms with van der Waals surface area (Å²) in [7, 11) is 1.62. The summed E-state index contributed by atoms with van der Waals surface area (Å²) in [5.41, 5.74) is 1.10. The number of halogens is 1. The van der Waals surface area contributed by atoms with E-state index in [2.05, 4.69) is 33.5 Å². The summed E-state index contributed by atoms with van der Waals surface area (Å²) in [6.45, 7) is 6.33. The lowest BCUT2D eigenvalue weighted by molar-refractivity contribution is 0.0515. The van der Waals surface area contributed by atoms with Crippen LogP contribution in [-0.4, -0.2) is 55.0 Å². The molecule has 0 saturated carbocycles. The number of rotatable bonds is 6. The molecule has 7 nitrogen and oxygen atoms in total. The Morgan fingerprint density at radius 2 is 2.12 bits per heavy atom. The maximum atomic E-state index is 6.29. The lowest BCUT2D eigenvalue weighted by Crippen LogP contribution is -2.45. The highest BCUT2D eigenvalue weighted by molar-refractivity contribution is 7.80. The minimum absolute atomic E-state index is 0.0980. The van der Waals surface area contributed by atoms with Crippen molar-refractivity contribution in [1.82, 2.24) is 15.3 Å². The van der Waals surface area contributed by atoms with E-state index in [4.69, 9.17) is 38.3 Å². The van der Waals surface area contributed by atoms with Crippen LogP contribution in [0.4, 0.5) is 11.8 Å². The maximum absolute atomic E-state index is 6.29. The number of piperidine rings is 1. The van der Waals surface area contributed by atoms with Crippen LogP contribution in [0.1, 0.15) is 38.2 Å². The monoisotopic (exact) mass is 489 g/mol. The largest absolute Gasteiger partial charge is 0.481 e. The van der Waals surface area contributed by atoms with Crippen molar-refractivity contribution >= 4 is 40.7 Å². The van der Waals surface area contributed by atoms with Gasteiger partial charge in [0.25, 0.3) is 0 Å². The number of thiocarbonyl (C=S) groups is 1. The average Bonchev–Trinajstić information content (AvgIpc) is 2.83. The molecule has 2 aromatic rings. The molecule has 0 amide bonds. The zero-order valence-corrected chi connectivity index (χ0v) is 20.8. The van der Waals surface area contributed by atoms with Crippen molar-refractivity contribution in [1.29, 1.82) is 0 Å². The summed E-state index contributed by atoms with van der Waals surface area (Å²) < 4.78 is 11.1. The fourth-order valence-corrected chi connectivity index (χ4v) is 5.03. The predicted octanol–water partition coefficient (Wildman–Crippen LogP) is 4.41. The van der Waals surface area contributed by atoms with Gasteiger partial charge in [0.2, 0.25) is 11.8 Å². The Morgan fingerprint density at radius 1 is 1.30 bits per heavy atom. The molecule has 9 heteroatoms. The van der Waals surface area contributed by atoms with Crippen LogP contribution in [-0.2, 0) is 10.2 Å². The SMILES string of the molecule is COc1cc(N2CCC[C@H](C)C2)nc(NC(=S)NCC2(c3cccc(Cl)c3)CCOCC2)n1. The Hall–Kier alpha value is -2.16. The van der Waals surface area contributed by atoms with E-state index in [1.165, 1.54) is 12.0 Å². The smallest absolute Gasteiger partial charge is 0.234 e.